The molecule has 0 N–H and O–H groups in total. The lowest BCUT2D eigenvalue weighted by Gasteiger charge is -2.13. The maximum absolute atomic E-state index is 13.4. The van der Waals surface area contributed by atoms with Crippen LogP contribution in [0.5, 0.6) is 5.75 Å². The Kier molecular flexibility index (Phi) is 7.98. The van der Waals surface area contributed by atoms with Gasteiger partial charge in [0.2, 0.25) is 0 Å². The second-order valence-electron chi connectivity index (χ2n) is 8.59. The van der Waals surface area contributed by atoms with Gasteiger partial charge in [-0.2, -0.15) is 22.9 Å². The average molecular weight is 647 g/mol. The van der Waals surface area contributed by atoms with Crippen molar-refractivity contribution in [1.82, 2.24) is 9.66 Å². The number of para-hydroxylation sites is 1. The van der Waals surface area contributed by atoms with Crippen LogP contribution in [0.15, 0.2) is 99.3 Å². The Balaban J connectivity index is 1.54. The van der Waals surface area contributed by atoms with Crippen LogP contribution in [0.2, 0.25) is 10.0 Å². The van der Waals surface area contributed by atoms with Gasteiger partial charge in [-0.1, -0.05) is 65.7 Å². The number of hydrogen-bond acceptors (Lipinski definition) is 4. The molecule has 202 valence electrons. The molecule has 0 amide bonds. The minimum Gasteiger partial charge on any atom is -0.486 e. The van der Waals surface area contributed by atoms with Crippen LogP contribution in [-0.2, 0) is 12.8 Å². The van der Waals surface area contributed by atoms with E-state index in [2.05, 4.69) is 26.0 Å². The van der Waals surface area contributed by atoms with Crippen LogP contribution in [-0.4, -0.2) is 15.9 Å². The van der Waals surface area contributed by atoms with Crippen LogP contribution in [0, 0.1) is 0 Å². The molecule has 0 spiro atoms. The van der Waals surface area contributed by atoms with Gasteiger partial charge in [-0.15, -0.1) is 0 Å². The first-order chi connectivity index (χ1) is 19.1. The van der Waals surface area contributed by atoms with Crippen molar-refractivity contribution < 1.29 is 17.9 Å². The van der Waals surface area contributed by atoms with E-state index >= 15 is 0 Å². The predicted octanol–water partition coefficient (Wildman–Crippen LogP) is 8.61. The largest absolute Gasteiger partial charge is 0.486 e. The second kappa shape index (κ2) is 11.4. The fourth-order valence-corrected chi connectivity index (χ4v) is 5.11. The van der Waals surface area contributed by atoms with E-state index in [9.17, 15) is 18.0 Å². The summed E-state index contributed by atoms with van der Waals surface area (Å²) in [5, 5.41) is 5.40. The highest BCUT2D eigenvalue weighted by atomic mass is 79.9. The minimum absolute atomic E-state index is 0.0455. The Morgan fingerprint density at radius 3 is 2.45 bits per heavy atom. The number of fused-ring (bicyclic) bond motifs is 1. The molecule has 0 atom stereocenters. The van der Waals surface area contributed by atoms with Gasteiger partial charge >= 0.3 is 6.18 Å². The van der Waals surface area contributed by atoms with E-state index in [1.165, 1.54) is 18.3 Å². The van der Waals surface area contributed by atoms with Crippen LogP contribution in [0.1, 0.15) is 16.7 Å². The molecule has 5 aromatic rings. The molecule has 40 heavy (non-hydrogen) atoms. The van der Waals surface area contributed by atoms with Gasteiger partial charge in [0.25, 0.3) is 5.56 Å². The molecule has 0 aliphatic rings. The molecule has 4 aromatic carbocycles. The summed E-state index contributed by atoms with van der Waals surface area (Å²) >= 11 is 16.1. The van der Waals surface area contributed by atoms with Gasteiger partial charge in [-0.25, -0.2) is 4.98 Å². The summed E-state index contributed by atoms with van der Waals surface area (Å²) in [7, 11) is 0. The van der Waals surface area contributed by atoms with Gasteiger partial charge in [0, 0.05) is 16.1 Å². The number of halogens is 6. The summed E-state index contributed by atoms with van der Waals surface area (Å²) in [5.41, 5.74) is 0.278. The number of nitrogens with zero attached hydrogens (tertiary/aromatic N) is 3. The highest BCUT2D eigenvalue weighted by Gasteiger charge is 2.31. The van der Waals surface area contributed by atoms with Gasteiger partial charge in [0.15, 0.2) is 11.6 Å². The molecule has 5 rings (SSSR count). The SMILES string of the molecule is O=c1c2ccccc2nc(-c2cccc(C(F)(F)F)c2)n1N=Cc1cc(Cl)c(OCc2ccccc2Cl)c(Br)c1. The van der Waals surface area contributed by atoms with Crippen molar-refractivity contribution in [2.75, 3.05) is 0 Å². The molecular formula is C29H17BrCl2F3N3O2. The third-order valence-corrected chi connectivity index (χ3v) is 7.11. The van der Waals surface area contributed by atoms with Crippen LogP contribution in [0.25, 0.3) is 22.3 Å². The topological polar surface area (TPSA) is 56.5 Å². The van der Waals surface area contributed by atoms with Gasteiger partial charge < -0.3 is 4.74 Å². The van der Waals surface area contributed by atoms with E-state index in [0.717, 1.165) is 22.4 Å². The lowest BCUT2D eigenvalue weighted by atomic mass is 10.1. The molecule has 0 bridgehead atoms. The third kappa shape index (κ3) is 5.91. The Hall–Kier alpha value is -3.66. The summed E-state index contributed by atoms with van der Waals surface area (Å²) in [6, 6.07) is 21.6. The zero-order valence-corrected chi connectivity index (χ0v) is 23.4. The van der Waals surface area contributed by atoms with E-state index in [1.807, 2.05) is 18.2 Å². The minimum atomic E-state index is -4.57. The number of ether oxygens (including phenoxy) is 1. The first-order valence-corrected chi connectivity index (χ1v) is 13.3. The molecule has 0 unspecified atom stereocenters. The van der Waals surface area contributed by atoms with Gasteiger partial charge in [0.1, 0.15) is 6.61 Å². The zero-order chi connectivity index (χ0) is 28.4. The fraction of sp³-hybridized carbons (Fsp3) is 0.0690. The summed E-state index contributed by atoms with van der Waals surface area (Å²) in [6.07, 6.45) is -3.20. The summed E-state index contributed by atoms with van der Waals surface area (Å²) < 4.78 is 47.6. The zero-order valence-electron chi connectivity index (χ0n) is 20.3. The van der Waals surface area contributed by atoms with Crippen LogP contribution in [0.3, 0.4) is 0 Å². The maximum Gasteiger partial charge on any atom is 0.416 e. The molecule has 1 heterocycles. The van der Waals surface area contributed by atoms with Crippen molar-refractivity contribution in [2.24, 2.45) is 5.10 Å². The first kappa shape index (κ1) is 27.9. The molecule has 0 saturated carbocycles. The standard InChI is InChI=1S/C29H17BrCl2F3N3O2/c30-22-12-17(13-24(32)26(22)40-16-19-6-1-3-10-23(19)31)15-36-38-27(18-7-5-8-20(14-18)29(33,34)35)37-25-11-4-2-9-21(25)28(38)39/h1-15H,16H2. The van der Waals surface area contributed by atoms with E-state index in [1.54, 1.807) is 42.5 Å². The second-order valence-corrected chi connectivity index (χ2v) is 10.3. The van der Waals surface area contributed by atoms with E-state index in [-0.39, 0.29) is 28.4 Å². The Morgan fingerprint density at radius 2 is 1.70 bits per heavy atom. The Morgan fingerprint density at radius 1 is 0.950 bits per heavy atom. The van der Waals surface area contributed by atoms with Crippen molar-refractivity contribution >= 4 is 56.2 Å². The van der Waals surface area contributed by atoms with Gasteiger partial charge in [-0.05, 0) is 64.0 Å². The van der Waals surface area contributed by atoms with Gasteiger partial charge in [0.05, 0.1) is 32.2 Å². The normalized spacial score (nSPS) is 11.8. The van der Waals surface area contributed by atoms with E-state index in [0.29, 0.717) is 26.3 Å². The molecule has 11 heteroatoms. The maximum atomic E-state index is 13.4. The number of aromatic nitrogens is 2. The van der Waals surface area contributed by atoms with Gasteiger partial charge in [-0.3, -0.25) is 4.79 Å². The molecule has 0 aliphatic heterocycles. The third-order valence-electron chi connectivity index (χ3n) is 5.87. The number of alkyl halides is 3. The van der Waals surface area contributed by atoms with Crippen LogP contribution < -0.4 is 10.3 Å². The summed E-state index contributed by atoms with van der Waals surface area (Å²) in [5.74, 6) is 0.337. The highest BCUT2D eigenvalue weighted by molar-refractivity contribution is 9.10. The van der Waals surface area contributed by atoms with Crippen LogP contribution in [0.4, 0.5) is 13.2 Å². The summed E-state index contributed by atoms with van der Waals surface area (Å²) in [4.78, 5) is 17.8. The van der Waals surface area contributed by atoms with Crippen molar-refractivity contribution in [3.8, 4) is 17.1 Å². The highest BCUT2D eigenvalue weighted by Crippen LogP contribution is 2.35. The smallest absolute Gasteiger partial charge is 0.416 e. The lowest BCUT2D eigenvalue weighted by Crippen LogP contribution is -2.20. The Bertz CT molecular complexity index is 1800. The van der Waals surface area contributed by atoms with E-state index < -0.39 is 17.3 Å². The van der Waals surface area contributed by atoms with Crippen molar-refractivity contribution in [2.45, 2.75) is 12.8 Å². The molecule has 0 aliphatic carbocycles. The van der Waals surface area contributed by atoms with Crippen molar-refractivity contribution in [3.63, 3.8) is 0 Å². The van der Waals surface area contributed by atoms with Crippen LogP contribution >= 0.6 is 39.1 Å². The molecule has 1 aromatic heterocycles. The lowest BCUT2D eigenvalue weighted by molar-refractivity contribution is -0.137. The summed E-state index contributed by atoms with van der Waals surface area (Å²) in [6.45, 7) is 0.184. The van der Waals surface area contributed by atoms with Crippen molar-refractivity contribution in [1.29, 1.82) is 0 Å². The number of rotatable bonds is 6. The quantitative estimate of drug-likeness (QED) is 0.174. The molecule has 0 fully saturated rings. The Labute approximate surface area is 244 Å². The fourth-order valence-electron chi connectivity index (χ4n) is 3.93. The molecule has 0 saturated heterocycles. The van der Waals surface area contributed by atoms with Crippen molar-refractivity contribution in [3.05, 3.63) is 126 Å². The first-order valence-electron chi connectivity index (χ1n) is 11.7. The average Bonchev–Trinajstić information content (AvgIpc) is 2.92. The monoisotopic (exact) mass is 645 g/mol. The number of hydrogen-bond donors (Lipinski definition) is 0. The molecular weight excluding hydrogens is 630 g/mol. The number of benzene rings is 4. The van der Waals surface area contributed by atoms with E-state index in [4.69, 9.17) is 27.9 Å². The molecule has 0 radical (unpaired) electrons. The predicted molar refractivity (Wildman–Crippen MR) is 154 cm³/mol. The molecule has 5 nitrogen and oxygen atoms in total.